The Balaban J connectivity index is 2.87. The van der Waals surface area contributed by atoms with E-state index in [1.54, 1.807) is 25.3 Å². The summed E-state index contributed by atoms with van der Waals surface area (Å²) in [6, 6.07) is 4.26. The van der Waals surface area contributed by atoms with Gasteiger partial charge in [-0.05, 0) is 19.2 Å². The number of benzene rings is 1. The minimum Gasteiger partial charge on any atom is -0.465 e. The molecule has 0 bridgehead atoms. The van der Waals surface area contributed by atoms with Crippen molar-refractivity contribution in [2.75, 3.05) is 20.7 Å². The van der Waals surface area contributed by atoms with Gasteiger partial charge in [-0.1, -0.05) is 18.2 Å². The first-order chi connectivity index (χ1) is 7.69. The Labute approximate surface area is 93.9 Å². The van der Waals surface area contributed by atoms with Crippen LogP contribution in [0, 0.1) is 5.82 Å². The van der Waals surface area contributed by atoms with E-state index in [9.17, 15) is 9.18 Å². The second-order valence-corrected chi connectivity index (χ2v) is 3.19. The van der Waals surface area contributed by atoms with Crippen molar-refractivity contribution in [1.29, 1.82) is 0 Å². The third-order valence-electron chi connectivity index (χ3n) is 2.04. The van der Waals surface area contributed by atoms with Crippen LogP contribution in [-0.2, 0) is 4.74 Å². The van der Waals surface area contributed by atoms with Gasteiger partial charge in [-0.2, -0.15) is 0 Å². The number of carbonyl (C=O) groups excluding carboxylic acids is 1. The number of esters is 1. The van der Waals surface area contributed by atoms with E-state index < -0.39 is 11.8 Å². The fourth-order valence-electron chi connectivity index (χ4n) is 1.21. The van der Waals surface area contributed by atoms with Crippen LogP contribution in [0.25, 0.3) is 6.08 Å². The molecule has 0 aliphatic heterocycles. The molecule has 0 amide bonds. The van der Waals surface area contributed by atoms with E-state index in [4.69, 9.17) is 0 Å². The van der Waals surface area contributed by atoms with Crippen molar-refractivity contribution in [2.45, 2.75) is 0 Å². The molecule has 1 aromatic rings. The Morgan fingerprint density at radius 3 is 2.88 bits per heavy atom. The fraction of sp³-hybridized carbons (Fsp3) is 0.250. The third kappa shape index (κ3) is 3.17. The average molecular weight is 223 g/mol. The number of ether oxygens (including phenoxy) is 1. The van der Waals surface area contributed by atoms with Gasteiger partial charge < -0.3 is 10.1 Å². The number of likely N-dealkylation sites (N-methyl/N-ethyl adjacent to an activating group) is 1. The van der Waals surface area contributed by atoms with E-state index >= 15 is 0 Å². The van der Waals surface area contributed by atoms with Crippen LogP contribution >= 0.6 is 0 Å². The molecule has 0 heterocycles. The average Bonchev–Trinajstić information content (AvgIpc) is 2.30. The van der Waals surface area contributed by atoms with Crippen LogP contribution in [0.15, 0.2) is 24.3 Å². The van der Waals surface area contributed by atoms with Gasteiger partial charge >= 0.3 is 5.97 Å². The largest absolute Gasteiger partial charge is 0.465 e. The second kappa shape index (κ2) is 6.02. The molecule has 1 N–H and O–H groups in total. The van der Waals surface area contributed by atoms with Crippen LogP contribution in [0.3, 0.4) is 0 Å². The minimum absolute atomic E-state index is 0.214. The van der Waals surface area contributed by atoms with Crippen molar-refractivity contribution < 1.29 is 13.9 Å². The number of rotatable bonds is 4. The van der Waals surface area contributed by atoms with E-state index in [0.717, 1.165) is 0 Å². The Kier molecular flexibility index (Phi) is 4.66. The number of halogens is 1. The molecule has 3 nitrogen and oxygen atoms in total. The van der Waals surface area contributed by atoms with Gasteiger partial charge in [0.2, 0.25) is 0 Å². The van der Waals surface area contributed by atoms with Gasteiger partial charge in [0, 0.05) is 12.1 Å². The molecular formula is C12H14FNO2. The molecule has 0 unspecified atom stereocenters. The second-order valence-electron chi connectivity index (χ2n) is 3.19. The Morgan fingerprint density at radius 2 is 2.31 bits per heavy atom. The highest BCUT2D eigenvalue weighted by Crippen LogP contribution is 2.12. The lowest BCUT2D eigenvalue weighted by molar-refractivity contribution is 0.0600. The molecule has 1 aromatic carbocycles. The van der Waals surface area contributed by atoms with Gasteiger partial charge in [-0.15, -0.1) is 0 Å². The molecule has 0 fully saturated rings. The van der Waals surface area contributed by atoms with E-state index in [-0.39, 0.29) is 5.56 Å². The molecule has 0 aliphatic rings. The molecular weight excluding hydrogens is 209 g/mol. The maximum absolute atomic E-state index is 13.5. The lowest BCUT2D eigenvalue weighted by Gasteiger charge is -2.01. The lowest BCUT2D eigenvalue weighted by Crippen LogP contribution is -2.04. The highest BCUT2D eigenvalue weighted by Gasteiger charge is 2.07. The van der Waals surface area contributed by atoms with E-state index in [1.165, 1.54) is 19.2 Å². The molecule has 0 saturated carbocycles. The summed E-state index contributed by atoms with van der Waals surface area (Å²) < 4.78 is 18.0. The van der Waals surface area contributed by atoms with Crippen molar-refractivity contribution in [2.24, 2.45) is 0 Å². The molecule has 0 spiro atoms. The Bertz CT molecular complexity index is 402. The first-order valence-corrected chi connectivity index (χ1v) is 4.88. The quantitative estimate of drug-likeness (QED) is 0.791. The number of methoxy groups -OCH3 is 1. The summed E-state index contributed by atoms with van der Waals surface area (Å²) in [5, 5.41) is 2.91. The maximum Gasteiger partial charge on any atom is 0.337 e. The molecule has 0 radical (unpaired) electrons. The summed E-state index contributed by atoms with van der Waals surface area (Å²) >= 11 is 0. The summed E-state index contributed by atoms with van der Waals surface area (Å²) in [6.07, 6.45) is 3.46. The summed E-state index contributed by atoms with van der Waals surface area (Å²) in [6.45, 7) is 0.665. The van der Waals surface area contributed by atoms with E-state index in [1.807, 2.05) is 0 Å². The van der Waals surface area contributed by atoms with Crippen molar-refractivity contribution in [1.82, 2.24) is 5.32 Å². The van der Waals surface area contributed by atoms with Gasteiger partial charge in [0.05, 0.1) is 12.7 Å². The van der Waals surface area contributed by atoms with E-state index in [0.29, 0.717) is 12.1 Å². The topological polar surface area (TPSA) is 38.3 Å². The molecule has 0 saturated heterocycles. The fourth-order valence-corrected chi connectivity index (χ4v) is 1.21. The van der Waals surface area contributed by atoms with Crippen LogP contribution < -0.4 is 5.32 Å². The van der Waals surface area contributed by atoms with Crippen LogP contribution in [-0.4, -0.2) is 26.7 Å². The van der Waals surface area contributed by atoms with Crippen LogP contribution in [0.4, 0.5) is 4.39 Å². The zero-order valence-corrected chi connectivity index (χ0v) is 9.29. The smallest absolute Gasteiger partial charge is 0.337 e. The third-order valence-corrected chi connectivity index (χ3v) is 2.04. The zero-order chi connectivity index (χ0) is 12.0. The number of carbonyl (C=O) groups is 1. The summed E-state index contributed by atoms with van der Waals surface area (Å²) in [5.41, 5.74) is 0.661. The van der Waals surface area contributed by atoms with E-state index in [2.05, 4.69) is 10.1 Å². The van der Waals surface area contributed by atoms with Crippen LogP contribution in [0.1, 0.15) is 15.9 Å². The van der Waals surface area contributed by atoms with Gasteiger partial charge in [0.15, 0.2) is 0 Å². The summed E-state index contributed by atoms with van der Waals surface area (Å²) in [4.78, 5) is 11.1. The van der Waals surface area contributed by atoms with Gasteiger partial charge in [-0.3, -0.25) is 0 Å². The maximum atomic E-state index is 13.5. The Morgan fingerprint density at radius 1 is 1.56 bits per heavy atom. The molecule has 16 heavy (non-hydrogen) atoms. The molecule has 86 valence electrons. The van der Waals surface area contributed by atoms with Crippen molar-refractivity contribution >= 4 is 12.0 Å². The molecule has 1 rings (SSSR count). The first kappa shape index (κ1) is 12.4. The zero-order valence-electron chi connectivity index (χ0n) is 9.29. The molecule has 0 aliphatic carbocycles. The normalized spacial score (nSPS) is 10.7. The highest BCUT2D eigenvalue weighted by molar-refractivity contribution is 5.89. The Hall–Kier alpha value is -1.68. The number of nitrogens with one attached hydrogen (secondary N) is 1. The SMILES string of the molecule is CNCC=Cc1ccc(C(=O)OC)cc1F. The highest BCUT2D eigenvalue weighted by atomic mass is 19.1. The van der Waals surface area contributed by atoms with Crippen molar-refractivity contribution in [3.05, 3.63) is 41.2 Å². The van der Waals surface area contributed by atoms with Crippen molar-refractivity contribution in [3.63, 3.8) is 0 Å². The van der Waals surface area contributed by atoms with Gasteiger partial charge in [0.25, 0.3) is 0 Å². The minimum atomic E-state index is -0.537. The van der Waals surface area contributed by atoms with Gasteiger partial charge in [-0.25, -0.2) is 9.18 Å². The van der Waals surface area contributed by atoms with Gasteiger partial charge in [0.1, 0.15) is 5.82 Å². The summed E-state index contributed by atoms with van der Waals surface area (Å²) in [5.74, 6) is -0.972. The molecule has 4 heteroatoms. The predicted molar refractivity (Wildman–Crippen MR) is 60.7 cm³/mol. The standard InChI is InChI=1S/C12H14FNO2/c1-14-7-3-4-9-5-6-10(8-11(9)13)12(15)16-2/h3-6,8,14H,7H2,1-2H3. The lowest BCUT2D eigenvalue weighted by atomic mass is 10.1. The van der Waals surface area contributed by atoms with Crippen LogP contribution in [0.5, 0.6) is 0 Å². The van der Waals surface area contributed by atoms with Crippen molar-refractivity contribution in [3.8, 4) is 0 Å². The first-order valence-electron chi connectivity index (χ1n) is 4.88. The summed E-state index contributed by atoms with van der Waals surface area (Å²) in [7, 11) is 3.07. The number of hydrogen-bond donors (Lipinski definition) is 1. The number of hydrogen-bond acceptors (Lipinski definition) is 3. The van der Waals surface area contributed by atoms with Crippen LogP contribution in [0.2, 0.25) is 0 Å². The molecule has 0 atom stereocenters. The molecule has 0 aromatic heterocycles. The monoisotopic (exact) mass is 223 g/mol. The predicted octanol–water partition coefficient (Wildman–Crippen LogP) is 1.84.